The monoisotopic (exact) mass is 370 g/mol. The van der Waals surface area contributed by atoms with Crippen LogP contribution in [0.15, 0.2) is 42.5 Å². The highest BCUT2D eigenvalue weighted by atomic mass is 19.1. The van der Waals surface area contributed by atoms with Crippen molar-refractivity contribution in [2.24, 2.45) is 0 Å². The lowest BCUT2D eigenvalue weighted by Crippen LogP contribution is -3.15. The Morgan fingerprint density at radius 1 is 1.04 bits per heavy atom. The number of rotatable bonds is 4. The summed E-state index contributed by atoms with van der Waals surface area (Å²) in [5, 5.41) is 3.00. The molecule has 2 aromatic rings. The normalized spacial score (nSPS) is 14.9. The summed E-state index contributed by atoms with van der Waals surface area (Å²) < 4.78 is 13.8. The van der Waals surface area contributed by atoms with Crippen LogP contribution in [0.2, 0.25) is 0 Å². The molecule has 0 spiro atoms. The highest BCUT2D eigenvalue weighted by molar-refractivity contribution is 5.94. The first-order valence-electron chi connectivity index (χ1n) is 9.19. The number of aryl methyl sites for hydroxylation is 2. The number of carbonyl (C=O) groups excluding carboxylic acids is 2. The summed E-state index contributed by atoms with van der Waals surface area (Å²) in [6.07, 6.45) is 0. The number of piperazine rings is 1. The zero-order valence-electron chi connectivity index (χ0n) is 15.7. The lowest BCUT2D eigenvalue weighted by molar-refractivity contribution is -0.895. The van der Waals surface area contributed by atoms with Gasteiger partial charge in [-0.25, -0.2) is 4.39 Å². The van der Waals surface area contributed by atoms with Crippen molar-refractivity contribution in [3.05, 3.63) is 65.0 Å². The number of halogens is 1. The van der Waals surface area contributed by atoms with Gasteiger partial charge in [-0.05, 0) is 37.1 Å². The summed E-state index contributed by atoms with van der Waals surface area (Å²) in [5.41, 5.74) is 3.06. The molecule has 3 rings (SSSR count). The van der Waals surface area contributed by atoms with Crippen molar-refractivity contribution < 1.29 is 18.9 Å². The van der Waals surface area contributed by atoms with E-state index in [0.717, 1.165) is 21.7 Å². The fraction of sp³-hybridized carbons (Fsp3) is 0.333. The van der Waals surface area contributed by atoms with Crippen molar-refractivity contribution in [3.8, 4) is 0 Å². The lowest BCUT2D eigenvalue weighted by Gasteiger charge is -2.32. The van der Waals surface area contributed by atoms with Crippen molar-refractivity contribution in [2.75, 3.05) is 38.0 Å². The van der Waals surface area contributed by atoms with Gasteiger partial charge in [0, 0.05) is 5.69 Å². The van der Waals surface area contributed by atoms with E-state index in [1.165, 1.54) is 12.1 Å². The van der Waals surface area contributed by atoms with E-state index < -0.39 is 5.82 Å². The Morgan fingerprint density at radius 3 is 2.30 bits per heavy atom. The molecular weight excluding hydrogens is 345 g/mol. The van der Waals surface area contributed by atoms with Crippen molar-refractivity contribution in [1.29, 1.82) is 0 Å². The van der Waals surface area contributed by atoms with Crippen LogP contribution in [0, 0.1) is 19.7 Å². The molecule has 0 radical (unpaired) electrons. The van der Waals surface area contributed by atoms with Gasteiger partial charge in [0.2, 0.25) is 0 Å². The van der Waals surface area contributed by atoms with E-state index in [2.05, 4.69) is 5.32 Å². The molecule has 1 aliphatic rings. The van der Waals surface area contributed by atoms with Gasteiger partial charge < -0.3 is 15.1 Å². The van der Waals surface area contributed by atoms with Gasteiger partial charge in [-0.3, -0.25) is 9.59 Å². The lowest BCUT2D eigenvalue weighted by atomic mass is 10.1. The maximum Gasteiger partial charge on any atom is 0.279 e. The van der Waals surface area contributed by atoms with E-state index in [1.54, 1.807) is 17.0 Å². The van der Waals surface area contributed by atoms with E-state index in [4.69, 9.17) is 0 Å². The van der Waals surface area contributed by atoms with Crippen LogP contribution in [0.25, 0.3) is 0 Å². The van der Waals surface area contributed by atoms with Gasteiger partial charge in [-0.1, -0.05) is 30.3 Å². The van der Waals surface area contributed by atoms with Crippen molar-refractivity contribution in [1.82, 2.24) is 4.90 Å². The van der Waals surface area contributed by atoms with Crippen LogP contribution >= 0.6 is 0 Å². The molecule has 0 unspecified atom stereocenters. The van der Waals surface area contributed by atoms with Crippen LogP contribution < -0.4 is 10.2 Å². The van der Waals surface area contributed by atoms with Gasteiger partial charge in [-0.2, -0.15) is 0 Å². The van der Waals surface area contributed by atoms with E-state index in [0.29, 0.717) is 32.7 Å². The van der Waals surface area contributed by atoms with Crippen molar-refractivity contribution >= 4 is 17.5 Å². The number of benzene rings is 2. The van der Waals surface area contributed by atoms with Gasteiger partial charge >= 0.3 is 0 Å². The summed E-state index contributed by atoms with van der Waals surface area (Å²) in [6, 6.07) is 12.0. The second-order valence-corrected chi connectivity index (χ2v) is 7.01. The van der Waals surface area contributed by atoms with E-state index in [9.17, 15) is 14.0 Å². The molecule has 0 saturated carbocycles. The number of para-hydroxylation sites is 1. The molecule has 2 N–H and O–H groups in total. The fourth-order valence-corrected chi connectivity index (χ4v) is 3.43. The first-order valence-corrected chi connectivity index (χ1v) is 9.19. The van der Waals surface area contributed by atoms with Crippen LogP contribution in [-0.4, -0.2) is 49.4 Å². The quantitative estimate of drug-likeness (QED) is 0.855. The van der Waals surface area contributed by atoms with Gasteiger partial charge in [0.15, 0.2) is 6.54 Å². The fourth-order valence-electron chi connectivity index (χ4n) is 3.43. The van der Waals surface area contributed by atoms with Gasteiger partial charge in [0.1, 0.15) is 5.82 Å². The second kappa shape index (κ2) is 8.31. The minimum atomic E-state index is -0.495. The third-order valence-electron chi connectivity index (χ3n) is 5.02. The van der Waals surface area contributed by atoms with Crippen LogP contribution in [0.3, 0.4) is 0 Å². The predicted octanol–water partition coefficient (Wildman–Crippen LogP) is 1.42. The molecule has 1 fully saturated rings. The number of nitrogens with zero attached hydrogens (tertiary/aromatic N) is 1. The molecule has 1 saturated heterocycles. The number of anilines is 1. The molecule has 0 aromatic heterocycles. The van der Waals surface area contributed by atoms with Gasteiger partial charge in [0.05, 0.1) is 31.7 Å². The Bertz CT molecular complexity index is 825. The first-order chi connectivity index (χ1) is 13.0. The Kier molecular flexibility index (Phi) is 5.86. The third kappa shape index (κ3) is 4.52. The average molecular weight is 370 g/mol. The summed E-state index contributed by atoms with van der Waals surface area (Å²) in [7, 11) is 0. The number of nitrogens with one attached hydrogen (secondary N) is 2. The zero-order valence-corrected chi connectivity index (χ0v) is 15.7. The Balaban J connectivity index is 1.53. The maximum atomic E-state index is 13.8. The summed E-state index contributed by atoms with van der Waals surface area (Å²) in [4.78, 5) is 27.6. The maximum absolute atomic E-state index is 13.8. The highest BCUT2D eigenvalue weighted by Crippen LogP contribution is 2.19. The molecule has 27 heavy (non-hydrogen) atoms. The SMILES string of the molecule is Cc1cccc(C)c1NC(=O)C[NH+]1CCN(C(=O)c2ccccc2F)CC1. The zero-order chi connectivity index (χ0) is 19.4. The standard InChI is InChI=1S/C21H24FN3O2/c1-15-6-5-7-16(2)20(15)23-19(26)14-24-10-12-25(13-11-24)21(27)17-8-3-4-9-18(17)22/h3-9H,10-14H2,1-2H3,(H,23,26)/p+1. The van der Waals surface area contributed by atoms with Crippen LogP contribution in [-0.2, 0) is 4.79 Å². The predicted molar refractivity (Wildman–Crippen MR) is 102 cm³/mol. The van der Waals surface area contributed by atoms with Gasteiger partial charge in [0.25, 0.3) is 11.8 Å². The highest BCUT2D eigenvalue weighted by Gasteiger charge is 2.27. The smallest absolute Gasteiger partial charge is 0.279 e. The average Bonchev–Trinajstić information content (AvgIpc) is 2.65. The van der Waals surface area contributed by atoms with Crippen molar-refractivity contribution in [3.63, 3.8) is 0 Å². The number of quaternary nitrogens is 1. The molecule has 0 aliphatic carbocycles. The molecule has 142 valence electrons. The Morgan fingerprint density at radius 2 is 1.67 bits per heavy atom. The number of hydrogen-bond donors (Lipinski definition) is 2. The van der Waals surface area contributed by atoms with Crippen LogP contribution in [0.4, 0.5) is 10.1 Å². The molecule has 2 amide bonds. The molecule has 6 heteroatoms. The molecule has 1 heterocycles. The molecule has 0 atom stereocenters. The Hall–Kier alpha value is -2.73. The summed E-state index contributed by atoms with van der Waals surface area (Å²) >= 11 is 0. The van der Waals surface area contributed by atoms with E-state index in [1.807, 2.05) is 32.0 Å². The molecule has 5 nitrogen and oxygen atoms in total. The molecule has 1 aliphatic heterocycles. The molecular formula is C21H25FN3O2+. The minimum Gasteiger partial charge on any atom is -0.327 e. The first kappa shape index (κ1) is 19.0. The minimum absolute atomic E-state index is 0.0312. The van der Waals surface area contributed by atoms with Crippen molar-refractivity contribution in [2.45, 2.75) is 13.8 Å². The Labute approximate surface area is 158 Å². The third-order valence-corrected chi connectivity index (χ3v) is 5.02. The largest absolute Gasteiger partial charge is 0.327 e. The second-order valence-electron chi connectivity index (χ2n) is 7.01. The van der Waals surface area contributed by atoms with E-state index in [-0.39, 0.29) is 17.4 Å². The van der Waals surface area contributed by atoms with Crippen LogP contribution in [0.1, 0.15) is 21.5 Å². The molecule has 2 aromatic carbocycles. The van der Waals surface area contributed by atoms with Crippen LogP contribution in [0.5, 0.6) is 0 Å². The number of hydrogen-bond acceptors (Lipinski definition) is 2. The van der Waals surface area contributed by atoms with E-state index >= 15 is 0 Å². The molecule has 0 bridgehead atoms. The summed E-state index contributed by atoms with van der Waals surface area (Å²) in [5.74, 6) is -0.811. The topological polar surface area (TPSA) is 53.9 Å². The van der Waals surface area contributed by atoms with Gasteiger partial charge in [-0.15, -0.1) is 0 Å². The summed E-state index contributed by atoms with van der Waals surface area (Å²) in [6.45, 7) is 6.67. The number of carbonyl (C=O) groups is 2. The number of amides is 2.